The highest BCUT2D eigenvalue weighted by molar-refractivity contribution is 6.06. The second kappa shape index (κ2) is 10.1. The Kier molecular flexibility index (Phi) is 6.73. The van der Waals surface area contributed by atoms with Crippen molar-refractivity contribution in [1.82, 2.24) is 30.6 Å². The molecule has 2 aliphatic heterocycles. The molecule has 3 aromatic rings. The average molecular weight is 488 g/mol. The van der Waals surface area contributed by atoms with Crippen molar-refractivity contribution >= 4 is 22.8 Å². The molecule has 0 radical (unpaired) electrons. The Bertz CT molecular complexity index is 1340. The van der Waals surface area contributed by atoms with Gasteiger partial charge in [0.05, 0.1) is 16.8 Å². The molecule has 5 rings (SSSR count). The Hall–Kier alpha value is -3.72. The summed E-state index contributed by atoms with van der Waals surface area (Å²) in [4.78, 5) is 22.0. The lowest BCUT2D eigenvalue weighted by molar-refractivity contribution is 0.247. The first-order chi connectivity index (χ1) is 17.4. The van der Waals surface area contributed by atoms with E-state index in [0.29, 0.717) is 24.0 Å². The van der Waals surface area contributed by atoms with Gasteiger partial charge in [0.15, 0.2) is 5.84 Å². The van der Waals surface area contributed by atoms with E-state index in [1.165, 1.54) is 5.57 Å². The zero-order valence-corrected chi connectivity index (χ0v) is 21.1. The van der Waals surface area contributed by atoms with Gasteiger partial charge in [0.1, 0.15) is 12.1 Å². The lowest BCUT2D eigenvalue weighted by Gasteiger charge is -2.25. The van der Waals surface area contributed by atoms with Crippen LogP contribution in [0.3, 0.4) is 0 Å². The van der Waals surface area contributed by atoms with Crippen LogP contribution in [0.4, 0.5) is 4.79 Å². The van der Waals surface area contributed by atoms with Crippen molar-refractivity contribution in [3.05, 3.63) is 59.7 Å². The predicted molar refractivity (Wildman–Crippen MR) is 140 cm³/mol. The summed E-state index contributed by atoms with van der Waals surface area (Å²) in [6.07, 6.45) is 9.29. The van der Waals surface area contributed by atoms with E-state index in [4.69, 9.17) is 4.74 Å². The molecule has 2 aliphatic rings. The van der Waals surface area contributed by atoms with Crippen LogP contribution in [0.1, 0.15) is 51.3 Å². The Balaban J connectivity index is 1.36. The molecule has 0 spiro atoms. The number of hydrazone groups is 1. The minimum atomic E-state index is -0.271. The Morgan fingerprint density at radius 2 is 2.06 bits per heavy atom. The zero-order valence-electron chi connectivity index (χ0n) is 21.1. The predicted octanol–water partition coefficient (Wildman–Crippen LogP) is 4.49. The van der Waals surface area contributed by atoms with Crippen molar-refractivity contribution in [3.63, 3.8) is 0 Å². The van der Waals surface area contributed by atoms with E-state index in [2.05, 4.69) is 51.9 Å². The van der Waals surface area contributed by atoms with Crippen molar-refractivity contribution in [3.8, 4) is 11.6 Å². The quantitative estimate of drug-likeness (QED) is 0.492. The number of carbonyl (C=O) groups excluding carboxylic acids is 1. The number of carbonyl (C=O) groups is 1. The first-order valence-electron chi connectivity index (χ1n) is 12.5. The van der Waals surface area contributed by atoms with Gasteiger partial charge >= 0.3 is 6.03 Å². The zero-order chi connectivity index (χ0) is 25.1. The Morgan fingerprint density at radius 3 is 2.94 bits per heavy atom. The van der Waals surface area contributed by atoms with Crippen molar-refractivity contribution in [2.75, 3.05) is 13.1 Å². The Morgan fingerprint density at radius 1 is 1.17 bits per heavy atom. The molecule has 3 N–H and O–H groups in total. The molecule has 0 unspecified atom stereocenters. The molecular formula is C27H33N7O2. The number of benzene rings is 1. The van der Waals surface area contributed by atoms with Gasteiger partial charge in [-0.1, -0.05) is 19.4 Å². The molecule has 0 aliphatic carbocycles. The van der Waals surface area contributed by atoms with Crippen LogP contribution in [-0.2, 0) is 13.0 Å². The highest BCUT2D eigenvalue weighted by Gasteiger charge is 2.22. The van der Waals surface area contributed by atoms with Gasteiger partial charge in [-0.3, -0.25) is 9.88 Å². The number of hydrogen-bond acceptors (Lipinski definition) is 7. The summed E-state index contributed by atoms with van der Waals surface area (Å²) in [6.45, 7) is 8.94. The van der Waals surface area contributed by atoms with Crippen LogP contribution in [-0.4, -0.2) is 39.5 Å². The lowest BCUT2D eigenvalue weighted by atomic mass is 9.80. The number of ether oxygens (including phenoxy) is 1. The number of hydrogen-bond donors (Lipinski definition) is 3. The second-order valence-electron chi connectivity index (χ2n) is 10.0. The maximum absolute atomic E-state index is 13.2. The summed E-state index contributed by atoms with van der Waals surface area (Å²) >= 11 is 0. The average Bonchev–Trinajstić information content (AvgIpc) is 3.14. The normalized spacial score (nSPS) is 20.8. The molecule has 2 aromatic heterocycles. The van der Waals surface area contributed by atoms with E-state index in [-0.39, 0.29) is 11.4 Å². The number of fused-ring (bicyclic) bond motifs is 2. The number of amidine groups is 1. The summed E-state index contributed by atoms with van der Waals surface area (Å²) in [6, 6.07) is 7.29. The fraction of sp³-hybridized carbons (Fsp3) is 0.407. The van der Waals surface area contributed by atoms with Gasteiger partial charge in [-0.15, -0.1) is 0 Å². The largest absolute Gasteiger partial charge is 0.439 e. The molecule has 9 nitrogen and oxygen atoms in total. The molecule has 0 bridgehead atoms. The third-order valence-corrected chi connectivity index (χ3v) is 7.10. The molecule has 9 heteroatoms. The molecule has 4 heterocycles. The summed E-state index contributed by atoms with van der Waals surface area (Å²) in [5, 5.41) is 11.6. The number of aromatic nitrogens is 3. The van der Waals surface area contributed by atoms with Gasteiger partial charge in [0.2, 0.25) is 5.88 Å². The van der Waals surface area contributed by atoms with Crippen LogP contribution in [0, 0.1) is 5.41 Å². The number of amides is 1. The third kappa shape index (κ3) is 5.11. The summed E-state index contributed by atoms with van der Waals surface area (Å²) < 4.78 is 7.75. The van der Waals surface area contributed by atoms with Gasteiger partial charge < -0.3 is 15.5 Å². The number of nitrogens with one attached hydrogen (secondary N) is 3. The highest BCUT2D eigenvalue weighted by Crippen LogP contribution is 2.32. The molecule has 1 aromatic carbocycles. The summed E-state index contributed by atoms with van der Waals surface area (Å²) in [5.74, 6) is 1.74. The molecule has 0 atom stereocenters. The Labute approximate surface area is 211 Å². The monoisotopic (exact) mass is 487 g/mol. The summed E-state index contributed by atoms with van der Waals surface area (Å²) in [7, 11) is 0. The highest BCUT2D eigenvalue weighted by atomic mass is 16.5. The number of aryl methyl sites for hydroxylation is 1. The third-order valence-electron chi connectivity index (χ3n) is 7.10. The van der Waals surface area contributed by atoms with Crippen LogP contribution in [0.2, 0.25) is 0 Å². The molecule has 0 saturated heterocycles. The van der Waals surface area contributed by atoms with Crippen molar-refractivity contribution in [1.29, 1.82) is 0 Å². The van der Waals surface area contributed by atoms with Crippen LogP contribution < -0.4 is 20.8 Å². The smallest absolute Gasteiger partial charge is 0.331 e. The number of rotatable bonds is 2. The van der Waals surface area contributed by atoms with Crippen LogP contribution >= 0.6 is 0 Å². The van der Waals surface area contributed by atoms with Crippen molar-refractivity contribution in [2.24, 2.45) is 10.5 Å². The van der Waals surface area contributed by atoms with Crippen LogP contribution in [0.25, 0.3) is 10.9 Å². The molecule has 0 saturated carbocycles. The number of allylic oxidation sites excluding steroid dienone is 1. The van der Waals surface area contributed by atoms with E-state index in [0.717, 1.165) is 60.9 Å². The molecule has 1 amide bonds. The molecule has 0 fully saturated rings. The molecular weight excluding hydrogens is 454 g/mol. The van der Waals surface area contributed by atoms with E-state index in [9.17, 15) is 4.79 Å². The van der Waals surface area contributed by atoms with Crippen molar-refractivity contribution in [2.45, 2.75) is 53.0 Å². The standard InChI is InChI=1S/C27H33N7O2/c1-18-14-24(33-31-12-5-10-27(18,2)3)32-26(35)34-13-9-19-15-20(7-8-23(19)34)36-25-21-16-28-11-4-6-22(21)29-17-30-25/h7-9,13-15,17,28,31H,4-6,10-12,16H2,1-3H3,(H,32,33,35)/b18-14+. The first kappa shape index (κ1) is 24.0. The van der Waals surface area contributed by atoms with Crippen LogP contribution in [0.5, 0.6) is 11.6 Å². The van der Waals surface area contributed by atoms with Gasteiger partial charge in [-0.05, 0) is 74.9 Å². The van der Waals surface area contributed by atoms with Gasteiger partial charge in [-0.25, -0.2) is 14.8 Å². The minimum absolute atomic E-state index is 0.0478. The van der Waals surface area contributed by atoms with E-state index in [1.54, 1.807) is 17.1 Å². The fourth-order valence-corrected chi connectivity index (χ4v) is 4.59. The minimum Gasteiger partial charge on any atom is -0.439 e. The van der Waals surface area contributed by atoms with Crippen molar-refractivity contribution < 1.29 is 9.53 Å². The first-order valence-corrected chi connectivity index (χ1v) is 12.5. The van der Waals surface area contributed by atoms with Gasteiger partial charge in [0.25, 0.3) is 0 Å². The number of nitrogens with zero attached hydrogens (tertiary/aromatic N) is 4. The maximum atomic E-state index is 13.2. The van der Waals surface area contributed by atoms with E-state index in [1.807, 2.05) is 30.3 Å². The fourth-order valence-electron chi connectivity index (χ4n) is 4.59. The maximum Gasteiger partial charge on any atom is 0.331 e. The topological polar surface area (TPSA) is 105 Å². The lowest BCUT2D eigenvalue weighted by Crippen LogP contribution is -2.34. The summed E-state index contributed by atoms with van der Waals surface area (Å²) in [5.41, 5.74) is 7.11. The van der Waals surface area contributed by atoms with Crippen LogP contribution in [0.15, 0.2) is 53.5 Å². The van der Waals surface area contributed by atoms with E-state index < -0.39 is 0 Å². The molecule has 188 valence electrons. The second-order valence-corrected chi connectivity index (χ2v) is 10.0. The van der Waals surface area contributed by atoms with Gasteiger partial charge in [-0.2, -0.15) is 5.10 Å². The van der Waals surface area contributed by atoms with Gasteiger partial charge in [0, 0.05) is 24.7 Å². The SMILES string of the molecule is C/C1=C\C(NC(=O)n2ccc3cc(Oc4ncnc5c4CNCCC5)ccc32)=N/NCCCC1(C)C. The molecule has 36 heavy (non-hydrogen) atoms. The van der Waals surface area contributed by atoms with E-state index >= 15 is 0 Å².